The van der Waals surface area contributed by atoms with Crippen LogP contribution in [0.2, 0.25) is 0 Å². The summed E-state index contributed by atoms with van der Waals surface area (Å²) in [7, 11) is 0. The summed E-state index contributed by atoms with van der Waals surface area (Å²) in [6, 6.07) is 2.34. The van der Waals surface area contributed by atoms with Crippen LogP contribution in [0.4, 0.5) is 16.4 Å². The number of ether oxygens (including phenoxy) is 1. The lowest BCUT2D eigenvalue weighted by molar-refractivity contribution is 0.105. The van der Waals surface area contributed by atoms with Gasteiger partial charge in [0.25, 0.3) is 0 Å². The highest BCUT2D eigenvalue weighted by atomic mass is 16.6. The molecule has 1 amide bonds. The van der Waals surface area contributed by atoms with E-state index in [0.717, 1.165) is 31.1 Å². The Morgan fingerprint density at radius 1 is 1.32 bits per heavy atom. The number of piperazine rings is 1. The van der Waals surface area contributed by atoms with Gasteiger partial charge in [0.05, 0.1) is 6.61 Å². The van der Waals surface area contributed by atoms with Crippen molar-refractivity contribution < 1.29 is 9.53 Å². The van der Waals surface area contributed by atoms with Crippen LogP contribution in [0.5, 0.6) is 0 Å². The first-order valence-corrected chi connectivity index (χ1v) is 7.89. The van der Waals surface area contributed by atoms with Gasteiger partial charge in [-0.3, -0.25) is 0 Å². The molecule has 1 saturated heterocycles. The molecule has 2 rings (SSSR count). The van der Waals surface area contributed by atoms with E-state index in [-0.39, 0.29) is 6.09 Å². The standard InChI is InChI=1S/C15H25N5O2/c1-4-12(3)18-13-10-14(17-11-16-13)19-6-8-20(9-7-19)15(21)22-5-2/h10-12H,4-9H2,1-3H3,(H,16,17,18). The zero-order valence-electron chi connectivity index (χ0n) is 13.6. The second kappa shape index (κ2) is 7.82. The minimum Gasteiger partial charge on any atom is -0.450 e. The first-order valence-electron chi connectivity index (χ1n) is 7.89. The van der Waals surface area contributed by atoms with Gasteiger partial charge >= 0.3 is 6.09 Å². The van der Waals surface area contributed by atoms with Gasteiger partial charge < -0.3 is 19.9 Å². The highest BCUT2D eigenvalue weighted by molar-refractivity contribution is 5.68. The first-order chi connectivity index (χ1) is 10.6. The largest absolute Gasteiger partial charge is 0.450 e. The van der Waals surface area contributed by atoms with Crippen LogP contribution < -0.4 is 10.2 Å². The zero-order valence-corrected chi connectivity index (χ0v) is 13.6. The van der Waals surface area contributed by atoms with Crippen LogP contribution >= 0.6 is 0 Å². The van der Waals surface area contributed by atoms with Gasteiger partial charge in [-0.2, -0.15) is 0 Å². The van der Waals surface area contributed by atoms with E-state index in [2.05, 4.69) is 34.0 Å². The molecule has 1 atom stereocenters. The van der Waals surface area contributed by atoms with Gasteiger partial charge in [0.2, 0.25) is 0 Å². The second-order valence-corrected chi connectivity index (χ2v) is 5.39. The lowest BCUT2D eigenvalue weighted by Gasteiger charge is -2.34. The van der Waals surface area contributed by atoms with Crippen molar-refractivity contribution in [3.8, 4) is 0 Å². The van der Waals surface area contributed by atoms with E-state index in [4.69, 9.17) is 4.74 Å². The Hall–Kier alpha value is -2.05. The van der Waals surface area contributed by atoms with Crippen LogP contribution in [-0.4, -0.2) is 59.8 Å². The normalized spacial score (nSPS) is 16.3. The van der Waals surface area contributed by atoms with Gasteiger partial charge in [-0.15, -0.1) is 0 Å². The van der Waals surface area contributed by atoms with Crippen molar-refractivity contribution in [2.45, 2.75) is 33.2 Å². The summed E-state index contributed by atoms with van der Waals surface area (Å²) in [6.45, 7) is 9.29. The number of carbonyl (C=O) groups is 1. The molecule has 22 heavy (non-hydrogen) atoms. The third kappa shape index (κ3) is 4.22. The van der Waals surface area contributed by atoms with E-state index >= 15 is 0 Å². The maximum Gasteiger partial charge on any atom is 0.409 e. The molecular formula is C15H25N5O2. The number of amides is 1. The molecule has 0 aliphatic carbocycles. The van der Waals surface area contributed by atoms with Crippen molar-refractivity contribution in [3.63, 3.8) is 0 Å². The van der Waals surface area contributed by atoms with E-state index in [1.165, 1.54) is 0 Å². The van der Waals surface area contributed by atoms with Gasteiger partial charge in [0.15, 0.2) is 0 Å². The predicted molar refractivity (Wildman–Crippen MR) is 86.2 cm³/mol. The lowest BCUT2D eigenvalue weighted by atomic mass is 10.2. The SMILES string of the molecule is CCOC(=O)N1CCN(c2cc(NC(C)CC)ncn2)CC1. The number of carbonyl (C=O) groups excluding carboxylic acids is 1. The zero-order chi connectivity index (χ0) is 15.9. The summed E-state index contributed by atoms with van der Waals surface area (Å²) in [4.78, 5) is 24.2. The van der Waals surface area contributed by atoms with E-state index in [0.29, 0.717) is 25.7 Å². The number of nitrogens with zero attached hydrogens (tertiary/aromatic N) is 4. The number of rotatable bonds is 5. The second-order valence-electron chi connectivity index (χ2n) is 5.39. The number of anilines is 2. The fourth-order valence-electron chi connectivity index (χ4n) is 2.29. The maximum atomic E-state index is 11.7. The third-order valence-corrected chi connectivity index (χ3v) is 3.79. The summed E-state index contributed by atoms with van der Waals surface area (Å²) < 4.78 is 5.03. The van der Waals surface area contributed by atoms with E-state index in [9.17, 15) is 4.79 Å². The Balaban J connectivity index is 1.93. The summed E-state index contributed by atoms with van der Waals surface area (Å²) in [6.07, 6.45) is 2.39. The minimum atomic E-state index is -0.232. The van der Waals surface area contributed by atoms with Crippen LogP contribution in [0.15, 0.2) is 12.4 Å². The Labute approximate surface area is 131 Å². The van der Waals surface area contributed by atoms with Crippen LogP contribution in [-0.2, 0) is 4.74 Å². The number of hydrogen-bond donors (Lipinski definition) is 1. The van der Waals surface area contributed by atoms with E-state index < -0.39 is 0 Å². The van der Waals surface area contributed by atoms with Gasteiger partial charge in [0.1, 0.15) is 18.0 Å². The highest BCUT2D eigenvalue weighted by Gasteiger charge is 2.22. The van der Waals surface area contributed by atoms with Gasteiger partial charge in [-0.25, -0.2) is 14.8 Å². The molecule has 7 heteroatoms. The summed E-state index contributed by atoms with van der Waals surface area (Å²) in [5.41, 5.74) is 0. The quantitative estimate of drug-likeness (QED) is 0.897. The van der Waals surface area contributed by atoms with Crippen LogP contribution in [0.1, 0.15) is 27.2 Å². The van der Waals surface area contributed by atoms with Crippen molar-refractivity contribution in [3.05, 3.63) is 12.4 Å². The molecule has 1 aliphatic heterocycles. The van der Waals surface area contributed by atoms with Crippen LogP contribution in [0, 0.1) is 0 Å². The molecule has 1 N–H and O–H groups in total. The van der Waals surface area contributed by atoms with Crippen molar-refractivity contribution in [1.82, 2.24) is 14.9 Å². The smallest absolute Gasteiger partial charge is 0.409 e. The average Bonchev–Trinajstić information content (AvgIpc) is 2.55. The van der Waals surface area contributed by atoms with E-state index in [1.54, 1.807) is 11.2 Å². The monoisotopic (exact) mass is 307 g/mol. The van der Waals surface area contributed by atoms with Gasteiger partial charge in [-0.05, 0) is 20.3 Å². The molecular weight excluding hydrogens is 282 g/mol. The average molecular weight is 307 g/mol. The maximum absolute atomic E-state index is 11.7. The Morgan fingerprint density at radius 3 is 2.68 bits per heavy atom. The molecule has 0 radical (unpaired) electrons. The third-order valence-electron chi connectivity index (χ3n) is 3.79. The van der Waals surface area contributed by atoms with Crippen molar-refractivity contribution in [2.75, 3.05) is 43.0 Å². The molecule has 0 saturated carbocycles. The minimum absolute atomic E-state index is 0.232. The summed E-state index contributed by atoms with van der Waals surface area (Å²) >= 11 is 0. The van der Waals surface area contributed by atoms with Crippen molar-refractivity contribution in [2.24, 2.45) is 0 Å². The lowest BCUT2D eigenvalue weighted by Crippen LogP contribution is -2.49. The van der Waals surface area contributed by atoms with Gasteiger partial charge in [0, 0.05) is 38.3 Å². The fourth-order valence-corrected chi connectivity index (χ4v) is 2.29. The predicted octanol–water partition coefficient (Wildman–Crippen LogP) is 1.97. The number of nitrogens with one attached hydrogen (secondary N) is 1. The Kier molecular flexibility index (Phi) is 5.80. The molecule has 1 fully saturated rings. The van der Waals surface area contributed by atoms with Gasteiger partial charge in [-0.1, -0.05) is 6.92 Å². The molecule has 1 aromatic rings. The molecule has 0 bridgehead atoms. The summed E-state index contributed by atoms with van der Waals surface area (Å²) in [5.74, 6) is 1.73. The number of hydrogen-bond acceptors (Lipinski definition) is 6. The molecule has 1 unspecified atom stereocenters. The molecule has 1 aromatic heterocycles. The Morgan fingerprint density at radius 2 is 2.05 bits per heavy atom. The molecule has 2 heterocycles. The Bertz CT molecular complexity index is 489. The first kappa shape index (κ1) is 16.3. The molecule has 0 aromatic carbocycles. The van der Waals surface area contributed by atoms with Crippen molar-refractivity contribution in [1.29, 1.82) is 0 Å². The van der Waals surface area contributed by atoms with Crippen LogP contribution in [0.3, 0.4) is 0 Å². The topological polar surface area (TPSA) is 70.6 Å². The summed E-state index contributed by atoms with van der Waals surface area (Å²) in [5, 5.41) is 3.35. The molecule has 1 aliphatic rings. The van der Waals surface area contributed by atoms with Crippen molar-refractivity contribution >= 4 is 17.7 Å². The molecule has 7 nitrogen and oxygen atoms in total. The molecule has 0 spiro atoms. The number of aromatic nitrogens is 2. The van der Waals surface area contributed by atoms with E-state index in [1.807, 2.05) is 13.0 Å². The van der Waals surface area contributed by atoms with Crippen LogP contribution in [0.25, 0.3) is 0 Å². The molecule has 122 valence electrons. The highest BCUT2D eigenvalue weighted by Crippen LogP contribution is 2.17. The fraction of sp³-hybridized carbons (Fsp3) is 0.667.